The van der Waals surface area contributed by atoms with Gasteiger partial charge in [-0.2, -0.15) is 4.31 Å². The Morgan fingerprint density at radius 1 is 1.03 bits per heavy atom. The normalized spacial score (nSPS) is 17.5. The number of carbonyl (C=O) groups is 1. The van der Waals surface area contributed by atoms with E-state index in [9.17, 15) is 17.6 Å². The average Bonchev–Trinajstić information content (AvgIpc) is 2.87. The summed E-state index contributed by atoms with van der Waals surface area (Å²) in [5.74, 6) is -0.611. The van der Waals surface area contributed by atoms with Gasteiger partial charge in [-0.15, -0.1) is 0 Å². The molecule has 0 bridgehead atoms. The van der Waals surface area contributed by atoms with E-state index in [1.165, 1.54) is 22.5 Å². The van der Waals surface area contributed by atoms with E-state index in [0.29, 0.717) is 44.0 Å². The van der Waals surface area contributed by atoms with Gasteiger partial charge in [0.15, 0.2) is 0 Å². The third-order valence-electron chi connectivity index (χ3n) is 6.43. The molecule has 0 N–H and O–H groups in total. The Hall–Kier alpha value is -2.49. The first kappa shape index (κ1) is 24.6. The van der Waals surface area contributed by atoms with Crippen LogP contribution < -0.4 is 4.90 Å². The number of hydrogen-bond acceptors (Lipinski definition) is 5. The number of piperidine rings is 1. The number of hydrogen-bond donors (Lipinski definition) is 0. The van der Waals surface area contributed by atoms with Gasteiger partial charge in [-0.3, -0.25) is 4.79 Å². The number of morpholine rings is 1. The van der Waals surface area contributed by atoms with E-state index in [-0.39, 0.29) is 23.2 Å². The Bertz CT molecular complexity index is 1110. The number of rotatable bonds is 7. The Balaban J connectivity index is 1.70. The van der Waals surface area contributed by atoms with E-state index in [0.717, 1.165) is 38.0 Å². The summed E-state index contributed by atoms with van der Waals surface area (Å²) in [5, 5.41) is 0. The topological polar surface area (TPSA) is 70.2 Å². The molecule has 0 atom stereocenters. The molecule has 1 amide bonds. The molecule has 0 spiro atoms. The summed E-state index contributed by atoms with van der Waals surface area (Å²) >= 11 is 0. The van der Waals surface area contributed by atoms with Crippen molar-refractivity contribution in [3.8, 4) is 0 Å². The van der Waals surface area contributed by atoms with Gasteiger partial charge in [0.05, 0.1) is 23.7 Å². The maximum atomic E-state index is 13.8. The van der Waals surface area contributed by atoms with Crippen molar-refractivity contribution in [1.82, 2.24) is 9.21 Å². The van der Waals surface area contributed by atoms with Crippen LogP contribution in [-0.4, -0.2) is 69.5 Å². The first-order valence-corrected chi connectivity index (χ1v) is 13.3. The Labute approximate surface area is 201 Å². The smallest absolute Gasteiger partial charge is 0.256 e. The largest absolute Gasteiger partial charge is 0.379 e. The molecule has 0 unspecified atom stereocenters. The molecule has 2 heterocycles. The second kappa shape index (κ2) is 10.8. The van der Waals surface area contributed by atoms with Crippen molar-refractivity contribution in [3.63, 3.8) is 0 Å². The zero-order valence-corrected chi connectivity index (χ0v) is 20.4. The molecule has 2 aromatic rings. The molecule has 2 saturated heterocycles. The molecule has 184 valence electrons. The molecule has 4 rings (SSSR count). The summed E-state index contributed by atoms with van der Waals surface area (Å²) in [6.45, 7) is 5.47. The van der Waals surface area contributed by atoms with E-state index < -0.39 is 10.0 Å². The van der Waals surface area contributed by atoms with Crippen molar-refractivity contribution in [2.75, 3.05) is 50.8 Å². The zero-order valence-electron chi connectivity index (χ0n) is 19.6. The Morgan fingerprint density at radius 3 is 2.44 bits per heavy atom. The molecule has 0 radical (unpaired) electrons. The van der Waals surface area contributed by atoms with Crippen molar-refractivity contribution in [1.29, 1.82) is 0 Å². The number of ether oxygens (including phenoxy) is 1. The highest BCUT2D eigenvalue weighted by Gasteiger charge is 2.30. The third-order valence-corrected chi connectivity index (χ3v) is 8.33. The molecule has 34 heavy (non-hydrogen) atoms. The van der Waals surface area contributed by atoms with Gasteiger partial charge in [0.2, 0.25) is 10.0 Å². The van der Waals surface area contributed by atoms with Crippen LogP contribution in [0.25, 0.3) is 0 Å². The second-order valence-corrected chi connectivity index (χ2v) is 10.6. The minimum absolute atomic E-state index is 0.111. The van der Waals surface area contributed by atoms with Gasteiger partial charge < -0.3 is 14.5 Å². The Morgan fingerprint density at radius 2 is 1.76 bits per heavy atom. The number of benzene rings is 2. The lowest BCUT2D eigenvalue weighted by Gasteiger charge is -2.32. The van der Waals surface area contributed by atoms with Crippen molar-refractivity contribution >= 4 is 21.6 Å². The average molecular weight is 490 g/mol. The van der Waals surface area contributed by atoms with E-state index in [1.807, 2.05) is 6.92 Å². The Kier molecular flexibility index (Phi) is 7.85. The van der Waals surface area contributed by atoms with E-state index in [2.05, 4.69) is 4.90 Å². The quantitative estimate of drug-likeness (QED) is 0.596. The predicted octanol–water partition coefficient (Wildman–Crippen LogP) is 3.50. The van der Waals surface area contributed by atoms with Gasteiger partial charge in [-0.1, -0.05) is 12.1 Å². The molecule has 2 aliphatic rings. The third kappa shape index (κ3) is 5.42. The molecular formula is C25H32FN3O4S. The maximum absolute atomic E-state index is 13.8. The SMILES string of the molecule is CCN(Cc1cccc(F)c1)C(=O)c1cc(S(=O)(=O)N2CCOCC2)ccc1N1CCCCC1. The molecule has 2 aliphatic heterocycles. The lowest BCUT2D eigenvalue weighted by molar-refractivity contribution is 0.0729. The highest BCUT2D eigenvalue weighted by Crippen LogP contribution is 2.30. The number of anilines is 1. The number of nitrogens with zero attached hydrogens (tertiary/aromatic N) is 3. The fourth-order valence-electron chi connectivity index (χ4n) is 4.55. The fraction of sp³-hybridized carbons (Fsp3) is 0.480. The van der Waals surface area contributed by atoms with Crippen molar-refractivity contribution in [2.24, 2.45) is 0 Å². The minimum atomic E-state index is -3.75. The van der Waals surface area contributed by atoms with Crippen LogP contribution in [0, 0.1) is 5.82 Å². The van der Waals surface area contributed by atoms with Crippen LogP contribution in [0.5, 0.6) is 0 Å². The summed E-state index contributed by atoms with van der Waals surface area (Å²) in [6.07, 6.45) is 3.20. The van der Waals surface area contributed by atoms with Gasteiger partial charge in [0.25, 0.3) is 5.91 Å². The summed E-state index contributed by atoms with van der Waals surface area (Å²) < 4.78 is 47.0. The molecule has 0 aliphatic carbocycles. The lowest BCUT2D eigenvalue weighted by Crippen LogP contribution is -2.41. The van der Waals surface area contributed by atoms with Crippen molar-refractivity contribution in [3.05, 3.63) is 59.4 Å². The van der Waals surface area contributed by atoms with Crippen molar-refractivity contribution < 1.29 is 22.3 Å². The molecule has 0 aromatic heterocycles. The minimum Gasteiger partial charge on any atom is -0.379 e. The van der Waals surface area contributed by atoms with E-state index in [4.69, 9.17) is 4.74 Å². The van der Waals surface area contributed by atoms with Crippen LogP contribution in [0.3, 0.4) is 0 Å². The number of amides is 1. The predicted molar refractivity (Wildman–Crippen MR) is 129 cm³/mol. The van der Waals surface area contributed by atoms with Gasteiger partial charge >= 0.3 is 0 Å². The van der Waals surface area contributed by atoms with Crippen LogP contribution in [-0.2, 0) is 21.3 Å². The molecule has 2 fully saturated rings. The van der Waals surface area contributed by atoms with Crippen LogP contribution >= 0.6 is 0 Å². The van der Waals surface area contributed by atoms with E-state index in [1.54, 1.807) is 29.2 Å². The first-order valence-electron chi connectivity index (χ1n) is 11.9. The summed E-state index contributed by atoms with van der Waals surface area (Å²) in [4.78, 5) is 17.7. The van der Waals surface area contributed by atoms with Crippen LogP contribution in [0.2, 0.25) is 0 Å². The monoisotopic (exact) mass is 489 g/mol. The number of halogens is 1. The van der Waals surface area contributed by atoms with Crippen molar-refractivity contribution in [2.45, 2.75) is 37.6 Å². The zero-order chi connectivity index (χ0) is 24.1. The lowest BCUT2D eigenvalue weighted by atomic mass is 10.1. The summed E-state index contributed by atoms with van der Waals surface area (Å²) in [7, 11) is -3.75. The number of carbonyl (C=O) groups excluding carboxylic acids is 1. The van der Waals surface area contributed by atoms with E-state index >= 15 is 0 Å². The van der Waals surface area contributed by atoms with Gasteiger partial charge in [0.1, 0.15) is 5.82 Å². The highest BCUT2D eigenvalue weighted by atomic mass is 32.2. The maximum Gasteiger partial charge on any atom is 0.256 e. The van der Waals surface area contributed by atoms with Crippen LogP contribution in [0.4, 0.5) is 10.1 Å². The summed E-state index contributed by atoms with van der Waals surface area (Å²) in [6, 6.07) is 11.1. The number of sulfonamides is 1. The van der Waals surface area contributed by atoms with Crippen LogP contribution in [0.15, 0.2) is 47.4 Å². The molecule has 2 aromatic carbocycles. The first-order chi connectivity index (χ1) is 16.4. The highest BCUT2D eigenvalue weighted by molar-refractivity contribution is 7.89. The van der Waals surface area contributed by atoms with Gasteiger partial charge in [0, 0.05) is 45.0 Å². The standard InChI is InChI=1S/C25H32FN3O4S/c1-2-27(19-20-7-6-8-21(26)17-20)25(30)23-18-22(34(31,32)29-13-15-33-16-14-29)9-10-24(23)28-11-4-3-5-12-28/h6-10,17-18H,2-5,11-16,19H2,1H3. The van der Waals surface area contributed by atoms with Gasteiger partial charge in [-0.25, -0.2) is 12.8 Å². The molecule has 7 nitrogen and oxygen atoms in total. The summed E-state index contributed by atoms with van der Waals surface area (Å²) in [5.41, 5.74) is 1.81. The van der Waals surface area contributed by atoms with Gasteiger partial charge in [-0.05, 0) is 62.1 Å². The molecular weight excluding hydrogens is 457 g/mol. The van der Waals surface area contributed by atoms with Crippen LogP contribution in [0.1, 0.15) is 42.1 Å². The molecule has 9 heteroatoms. The second-order valence-electron chi connectivity index (χ2n) is 8.69. The molecule has 0 saturated carbocycles. The fourth-order valence-corrected chi connectivity index (χ4v) is 5.98.